The number of thioether (sulfide) groups is 1. The van der Waals surface area contributed by atoms with Crippen molar-refractivity contribution in [3.8, 4) is 0 Å². The van der Waals surface area contributed by atoms with Crippen LogP contribution >= 0.6 is 11.8 Å². The summed E-state index contributed by atoms with van der Waals surface area (Å²) in [5.74, 6) is 1.27. The van der Waals surface area contributed by atoms with Crippen LogP contribution < -0.4 is 11.4 Å². The number of aromatic amines is 1. The standard InChI is InChI=1S/C11H22N4OS/c1-5-8(4)9(12)6-17-11-14-13-10(16)15(11)7(2)3/h7-9H,5-6,12H2,1-4H3,(H,13,16). The van der Waals surface area contributed by atoms with Crippen molar-refractivity contribution in [1.29, 1.82) is 0 Å². The van der Waals surface area contributed by atoms with Crippen LogP contribution in [0.2, 0.25) is 0 Å². The van der Waals surface area contributed by atoms with Gasteiger partial charge in [0.1, 0.15) is 0 Å². The van der Waals surface area contributed by atoms with Gasteiger partial charge in [0.2, 0.25) is 0 Å². The Labute approximate surface area is 106 Å². The Hall–Kier alpha value is -0.750. The summed E-state index contributed by atoms with van der Waals surface area (Å²) in [5, 5.41) is 7.23. The zero-order chi connectivity index (χ0) is 13.0. The van der Waals surface area contributed by atoms with Gasteiger partial charge < -0.3 is 5.73 Å². The predicted octanol–water partition coefficient (Wildman–Crippen LogP) is 1.62. The van der Waals surface area contributed by atoms with E-state index < -0.39 is 0 Å². The Morgan fingerprint density at radius 3 is 2.65 bits per heavy atom. The number of H-pyrrole nitrogens is 1. The van der Waals surface area contributed by atoms with Gasteiger partial charge in [0.05, 0.1) is 0 Å². The van der Waals surface area contributed by atoms with Gasteiger partial charge in [-0.1, -0.05) is 32.0 Å². The Morgan fingerprint density at radius 2 is 2.12 bits per heavy atom. The summed E-state index contributed by atoms with van der Waals surface area (Å²) in [6.45, 7) is 8.21. The summed E-state index contributed by atoms with van der Waals surface area (Å²) in [6.07, 6.45) is 1.07. The lowest BCUT2D eigenvalue weighted by atomic mass is 10.0. The smallest absolute Gasteiger partial charge is 0.327 e. The van der Waals surface area contributed by atoms with Crippen molar-refractivity contribution in [2.24, 2.45) is 11.7 Å². The summed E-state index contributed by atoms with van der Waals surface area (Å²) >= 11 is 1.54. The highest BCUT2D eigenvalue weighted by molar-refractivity contribution is 7.99. The van der Waals surface area contributed by atoms with Gasteiger partial charge in [-0.2, -0.15) is 0 Å². The second-order valence-corrected chi connectivity index (χ2v) is 5.62. The Bertz CT molecular complexity index is 398. The molecule has 0 radical (unpaired) electrons. The van der Waals surface area contributed by atoms with E-state index >= 15 is 0 Å². The molecule has 1 aromatic heterocycles. The monoisotopic (exact) mass is 258 g/mol. The zero-order valence-corrected chi connectivity index (χ0v) is 11.8. The van der Waals surface area contributed by atoms with E-state index in [2.05, 4.69) is 24.0 Å². The normalized spacial score (nSPS) is 15.2. The molecule has 0 aliphatic heterocycles. The second-order valence-electron chi connectivity index (χ2n) is 4.64. The van der Waals surface area contributed by atoms with Gasteiger partial charge in [0.15, 0.2) is 5.16 Å². The van der Waals surface area contributed by atoms with Crippen molar-refractivity contribution in [3.63, 3.8) is 0 Å². The minimum atomic E-state index is -0.153. The highest BCUT2D eigenvalue weighted by atomic mass is 32.2. The fourth-order valence-corrected chi connectivity index (χ4v) is 2.70. The predicted molar refractivity (Wildman–Crippen MR) is 71.4 cm³/mol. The van der Waals surface area contributed by atoms with Crippen molar-refractivity contribution in [1.82, 2.24) is 14.8 Å². The van der Waals surface area contributed by atoms with Crippen LogP contribution in [0, 0.1) is 5.92 Å². The Balaban J connectivity index is 2.67. The number of aromatic nitrogens is 3. The number of hydrogen-bond acceptors (Lipinski definition) is 4. The van der Waals surface area contributed by atoms with Crippen LogP contribution in [0.25, 0.3) is 0 Å². The molecule has 1 rings (SSSR count). The van der Waals surface area contributed by atoms with E-state index in [0.717, 1.165) is 17.3 Å². The van der Waals surface area contributed by atoms with E-state index in [1.54, 1.807) is 16.3 Å². The van der Waals surface area contributed by atoms with Crippen molar-refractivity contribution in [3.05, 3.63) is 10.5 Å². The first kappa shape index (κ1) is 14.3. The van der Waals surface area contributed by atoms with Crippen LogP contribution in [-0.4, -0.2) is 26.6 Å². The average molecular weight is 258 g/mol. The maximum atomic E-state index is 11.5. The molecule has 0 saturated heterocycles. The first-order valence-corrected chi connectivity index (χ1v) is 7.01. The van der Waals surface area contributed by atoms with E-state index in [1.165, 1.54) is 0 Å². The summed E-state index contributed by atoms with van der Waals surface area (Å²) in [7, 11) is 0. The van der Waals surface area contributed by atoms with Gasteiger partial charge in [-0.25, -0.2) is 9.89 Å². The zero-order valence-electron chi connectivity index (χ0n) is 10.9. The Kier molecular flexibility index (Phi) is 5.27. The molecule has 98 valence electrons. The molecule has 1 aromatic rings. The molecule has 2 atom stereocenters. The summed E-state index contributed by atoms with van der Waals surface area (Å²) in [5.41, 5.74) is 5.91. The molecule has 0 fully saturated rings. The number of nitrogens with two attached hydrogens (primary N) is 1. The first-order chi connectivity index (χ1) is 7.97. The molecule has 0 aliphatic carbocycles. The maximum Gasteiger partial charge on any atom is 0.344 e. The highest BCUT2D eigenvalue weighted by Crippen LogP contribution is 2.19. The number of nitrogens with one attached hydrogen (secondary N) is 1. The number of nitrogens with zero attached hydrogens (tertiary/aromatic N) is 2. The quantitative estimate of drug-likeness (QED) is 0.760. The van der Waals surface area contributed by atoms with E-state index in [9.17, 15) is 4.79 Å². The number of rotatable bonds is 6. The third-order valence-electron chi connectivity index (χ3n) is 2.97. The lowest BCUT2D eigenvalue weighted by Crippen LogP contribution is -2.30. The largest absolute Gasteiger partial charge is 0.344 e. The fraction of sp³-hybridized carbons (Fsp3) is 0.818. The Morgan fingerprint density at radius 1 is 1.47 bits per heavy atom. The van der Waals surface area contributed by atoms with Crippen LogP contribution in [0.4, 0.5) is 0 Å². The molecule has 0 saturated carbocycles. The molecule has 6 heteroatoms. The van der Waals surface area contributed by atoms with Crippen molar-refractivity contribution in [2.45, 2.75) is 51.4 Å². The summed E-state index contributed by atoms with van der Waals surface area (Å²) in [4.78, 5) is 11.5. The van der Waals surface area contributed by atoms with Crippen molar-refractivity contribution >= 4 is 11.8 Å². The minimum Gasteiger partial charge on any atom is -0.327 e. The van der Waals surface area contributed by atoms with Gasteiger partial charge in [0, 0.05) is 17.8 Å². The molecule has 0 spiro atoms. The summed E-state index contributed by atoms with van der Waals surface area (Å²) < 4.78 is 1.66. The van der Waals surface area contributed by atoms with Gasteiger partial charge in [-0.05, 0) is 19.8 Å². The average Bonchev–Trinajstić information content (AvgIpc) is 2.66. The molecule has 0 aliphatic rings. The van der Waals surface area contributed by atoms with Gasteiger partial charge >= 0.3 is 5.69 Å². The van der Waals surface area contributed by atoms with Crippen LogP contribution in [-0.2, 0) is 0 Å². The highest BCUT2D eigenvalue weighted by Gasteiger charge is 2.15. The number of hydrogen-bond donors (Lipinski definition) is 2. The third-order valence-corrected chi connectivity index (χ3v) is 4.07. The third kappa shape index (κ3) is 3.61. The molecule has 17 heavy (non-hydrogen) atoms. The lowest BCUT2D eigenvalue weighted by molar-refractivity contribution is 0.474. The van der Waals surface area contributed by atoms with E-state index in [1.807, 2.05) is 13.8 Å². The topological polar surface area (TPSA) is 76.7 Å². The molecule has 3 N–H and O–H groups in total. The van der Waals surface area contributed by atoms with Crippen LogP contribution in [0.3, 0.4) is 0 Å². The molecule has 1 heterocycles. The van der Waals surface area contributed by atoms with Crippen LogP contribution in [0.1, 0.15) is 40.2 Å². The molecule has 0 aromatic carbocycles. The van der Waals surface area contributed by atoms with Gasteiger partial charge in [0.25, 0.3) is 0 Å². The SMILES string of the molecule is CCC(C)C(N)CSc1n[nH]c(=O)n1C(C)C. The molecule has 0 bridgehead atoms. The molecular weight excluding hydrogens is 236 g/mol. The van der Waals surface area contributed by atoms with Gasteiger partial charge in [-0.15, -0.1) is 5.10 Å². The molecule has 0 amide bonds. The van der Waals surface area contributed by atoms with Gasteiger partial charge in [-0.3, -0.25) is 4.57 Å². The maximum absolute atomic E-state index is 11.5. The van der Waals surface area contributed by atoms with E-state index in [0.29, 0.717) is 5.92 Å². The van der Waals surface area contributed by atoms with Crippen LogP contribution in [0.15, 0.2) is 9.95 Å². The molecule has 2 unspecified atom stereocenters. The molecular formula is C11H22N4OS. The fourth-order valence-electron chi connectivity index (χ4n) is 1.49. The minimum absolute atomic E-state index is 0.114. The van der Waals surface area contributed by atoms with Crippen molar-refractivity contribution in [2.75, 3.05) is 5.75 Å². The summed E-state index contributed by atoms with van der Waals surface area (Å²) in [6, 6.07) is 0.251. The van der Waals surface area contributed by atoms with E-state index in [4.69, 9.17) is 5.73 Å². The van der Waals surface area contributed by atoms with E-state index in [-0.39, 0.29) is 17.8 Å². The lowest BCUT2D eigenvalue weighted by Gasteiger charge is -2.17. The van der Waals surface area contributed by atoms with Crippen molar-refractivity contribution < 1.29 is 0 Å². The molecule has 5 nitrogen and oxygen atoms in total. The van der Waals surface area contributed by atoms with Crippen LogP contribution in [0.5, 0.6) is 0 Å². The second kappa shape index (κ2) is 6.26. The first-order valence-electron chi connectivity index (χ1n) is 6.02.